The normalized spacial score (nSPS) is 12.8. The number of hydrogen-bond donors (Lipinski definition) is 0. The number of carbonyl (C=O) groups is 3. The van der Waals surface area contributed by atoms with Crippen molar-refractivity contribution in [3.8, 4) is 0 Å². The molecule has 0 spiro atoms. The average molecular weight is 835 g/mol. The molecule has 0 amide bonds. The first-order chi connectivity index (χ1) is 29.5. The van der Waals surface area contributed by atoms with E-state index in [1.54, 1.807) is 0 Å². The molecule has 60 heavy (non-hydrogen) atoms. The van der Waals surface area contributed by atoms with E-state index in [1.807, 2.05) is 60.8 Å². The molecule has 0 aliphatic rings. The second-order valence-electron chi connectivity index (χ2n) is 16.1. The smallest absolute Gasteiger partial charge is 0.306 e. The fourth-order valence-electron chi connectivity index (χ4n) is 6.57. The topological polar surface area (TPSA) is 78.9 Å². The first kappa shape index (κ1) is 56.6. The summed E-state index contributed by atoms with van der Waals surface area (Å²) in [6.07, 6.45) is 61.3. The van der Waals surface area contributed by atoms with E-state index in [4.69, 9.17) is 14.2 Å². The van der Waals surface area contributed by atoms with Crippen molar-refractivity contribution < 1.29 is 28.6 Å². The number of unbranched alkanes of at least 4 members (excludes halogenated alkanes) is 23. The Balaban J connectivity index is 4.46. The molecule has 6 heteroatoms. The number of allylic oxidation sites excluding steroid dienone is 14. The van der Waals surface area contributed by atoms with E-state index < -0.39 is 6.10 Å². The van der Waals surface area contributed by atoms with Gasteiger partial charge in [0.25, 0.3) is 0 Å². The Hall–Kier alpha value is -3.41. The molecule has 0 saturated heterocycles. The molecule has 0 heterocycles. The van der Waals surface area contributed by atoms with E-state index in [1.165, 1.54) is 89.9 Å². The van der Waals surface area contributed by atoms with Crippen molar-refractivity contribution in [2.45, 2.75) is 226 Å². The van der Waals surface area contributed by atoms with Crippen LogP contribution in [0.3, 0.4) is 0 Å². The van der Waals surface area contributed by atoms with Crippen LogP contribution in [0, 0.1) is 0 Å². The largest absolute Gasteiger partial charge is 0.462 e. The van der Waals surface area contributed by atoms with Gasteiger partial charge in [-0.05, 0) is 57.8 Å². The molecule has 0 N–H and O–H groups in total. The lowest BCUT2D eigenvalue weighted by Gasteiger charge is -2.18. The van der Waals surface area contributed by atoms with Gasteiger partial charge >= 0.3 is 17.9 Å². The highest BCUT2D eigenvalue weighted by molar-refractivity contribution is 5.71. The van der Waals surface area contributed by atoms with Crippen LogP contribution in [-0.4, -0.2) is 37.2 Å². The third-order valence-electron chi connectivity index (χ3n) is 10.3. The summed E-state index contributed by atoms with van der Waals surface area (Å²) >= 11 is 0. The SMILES string of the molecule is CC\C=C/C=C\C=C/C=C\C=C\C=C/CCCCCC(=O)OCC(COC(=O)CCCCCC/C=C\CCCC)OC(=O)CCCCCCCCCCCCCCCCC. The quantitative estimate of drug-likeness (QED) is 0.0200. The second kappa shape index (κ2) is 48.3. The fraction of sp³-hybridized carbons (Fsp3) is 0.685. The summed E-state index contributed by atoms with van der Waals surface area (Å²) in [6.45, 7) is 6.39. The Morgan fingerprint density at radius 1 is 0.350 bits per heavy atom. The molecule has 0 saturated carbocycles. The zero-order chi connectivity index (χ0) is 43.7. The maximum atomic E-state index is 12.8. The van der Waals surface area contributed by atoms with Gasteiger partial charge in [-0.15, -0.1) is 0 Å². The van der Waals surface area contributed by atoms with Gasteiger partial charge in [-0.3, -0.25) is 14.4 Å². The lowest BCUT2D eigenvalue weighted by molar-refractivity contribution is -0.167. The molecule has 0 aromatic carbocycles. The second-order valence-corrected chi connectivity index (χ2v) is 16.1. The van der Waals surface area contributed by atoms with Gasteiger partial charge in [0, 0.05) is 19.3 Å². The first-order valence-corrected chi connectivity index (χ1v) is 24.7. The molecule has 0 rings (SSSR count). The van der Waals surface area contributed by atoms with E-state index in [0.29, 0.717) is 19.3 Å². The van der Waals surface area contributed by atoms with Gasteiger partial charge < -0.3 is 14.2 Å². The van der Waals surface area contributed by atoms with Gasteiger partial charge in [0.15, 0.2) is 6.10 Å². The van der Waals surface area contributed by atoms with Gasteiger partial charge in [-0.2, -0.15) is 0 Å². The lowest BCUT2D eigenvalue weighted by atomic mass is 10.0. The van der Waals surface area contributed by atoms with Crippen LogP contribution in [0.25, 0.3) is 0 Å². The number of rotatable bonds is 43. The van der Waals surface area contributed by atoms with Crippen molar-refractivity contribution in [2.75, 3.05) is 13.2 Å². The molecule has 0 aromatic rings. The molecule has 0 aliphatic heterocycles. The number of hydrogen-bond acceptors (Lipinski definition) is 6. The standard InChI is InChI=1S/C54H90O6/c1-4-7-10-13-16-19-22-24-26-27-29-30-32-35-38-41-44-47-53(56)59-50-51(49-58-52(55)46-43-40-37-34-21-18-15-12-9-6-3)60-54(57)48-45-42-39-36-33-31-28-25-23-20-17-14-11-8-5-2/h7,10,13,15-16,18-19,22,24,26-27,29-30,32,51H,4-6,8-9,11-12,14,17,20-21,23,25,28,31,33-50H2,1-3H3/b10-7-,16-13-,18-15-,22-19-,26-24-,29-27+,32-30-. The summed E-state index contributed by atoms with van der Waals surface area (Å²) in [6, 6.07) is 0. The third kappa shape index (κ3) is 45.7. The van der Waals surface area contributed by atoms with Gasteiger partial charge in [0.05, 0.1) is 0 Å². The van der Waals surface area contributed by atoms with Gasteiger partial charge in [-0.1, -0.05) is 228 Å². The van der Waals surface area contributed by atoms with Crippen LogP contribution in [0.1, 0.15) is 220 Å². The molecule has 0 aliphatic carbocycles. The van der Waals surface area contributed by atoms with Crippen molar-refractivity contribution in [3.63, 3.8) is 0 Å². The van der Waals surface area contributed by atoms with Crippen LogP contribution in [0.4, 0.5) is 0 Å². The van der Waals surface area contributed by atoms with Crippen molar-refractivity contribution in [1.82, 2.24) is 0 Å². The van der Waals surface area contributed by atoms with E-state index in [9.17, 15) is 14.4 Å². The Morgan fingerprint density at radius 2 is 0.683 bits per heavy atom. The highest BCUT2D eigenvalue weighted by atomic mass is 16.6. The molecule has 0 bridgehead atoms. The maximum absolute atomic E-state index is 12.8. The van der Waals surface area contributed by atoms with E-state index in [0.717, 1.165) is 89.9 Å². The fourth-order valence-corrected chi connectivity index (χ4v) is 6.57. The van der Waals surface area contributed by atoms with Crippen molar-refractivity contribution in [3.05, 3.63) is 85.1 Å². The summed E-state index contributed by atoms with van der Waals surface area (Å²) in [7, 11) is 0. The molecule has 6 nitrogen and oxygen atoms in total. The monoisotopic (exact) mass is 835 g/mol. The van der Waals surface area contributed by atoms with Crippen molar-refractivity contribution in [2.24, 2.45) is 0 Å². The average Bonchev–Trinajstić information content (AvgIpc) is 3.24. The molecule has 1 unspecified atom stereocenters. The predicted molar refractivity (Wildman–Crippen MR) is 256 cm³/mol. The van der Waals surface area contributed by atoms with E-state index in [2.05, 4.69) is 45.1 Å². The maximum Gasteiger partial charge on any atom is 0.306 e. The lowest BCUT2D eigenvalue weighted by Crippen LogP contribution is -2.30. The molecule has 1 atom stereocenters. The van der Waals surface area contributed by atoms with Crippen LogP contribution < -0.4 is 0 Å². The minimum Gasteiger partial charge on any atom is -0.462 e. The number of ether oxygens (including phenoxy) is 3. The molecular weight excluding hydrogens is 745 g/mol. The highest BCUT2D eigenvalue weighted by Crippen LogP contribution is 2.15. The number of carbonyl (C=O) groups excluding carboxylic acids is 3. The van der Waals surface area contributed by atoms with Crippen LogP contribution in [0.5, 0.6) is 0 Å². The molecule has 342 valence electrons. The van der Waals surface area contributed by atoms with Crippen LogP contribution >= 0.6 is 0 Å². The minimum atomic E-state index is -0.796. The van der Waals surface area contributed by atoms with Gasteiger partial charge in [0.2, 0.25) is 0 Å². The Labute approximate surface area is 369 Å². The Morgan fingerprint density at radius 3 is 1.13 bits per heavy atom. The highest BCUT2D eigenvalue weighted by Gasteiger charge is 2.19. The first-order valence-electron chi connectivity index (χ1n) is 24.7. The Kier molecular flexibility index (Phi) is 45.5. The minimum absolute atomic E-state index is 0.0964. The molecule has 0 fully saturated rings. The Bertz CT molecular complexity index is 1190. The summed E-state index contributed by atoms with van der Waals surface area (Å²) in [5.74, 6) is -0.955. The summed E-state index contributed by atoms with van der Waals surface area (Å²) in [4.78, 5) is 37.8. The molecule has 0 aromatic heterocycles. The van der Waals surface area contributed by atoms with Gasteiger partial charge in [0.1, 0.15) is 13.2 Å². The van der Waals surface area contributed by atoms with Gasteiger partial charge in [-0.25, -0.2) is 0 Å². The van der Waals surface area contributed by atoms with E-state index >= 15 is 0 Å². The predicted octanol–water partition coefficient (Wildman–Crippen LogP) is 16.0. The zero-order valence-electron chi connectivity index (χ0n) is 38.9. The summed E-state index contributed by atoms with van der Waals surface area (Å²) < 4.78 is 16.7. The molecular formula is C54H90O6. The van der Waals surface area contributed by atoms with Crippen LogP contribution in [0.2, 0.25) is 0 Å². The number of esters is 3. The summed E-state index contributed by atoms with van der Waals surface area (Å²) in [5.41, 5.74) is 0. The summed E-state index contributed by atoms with van der Waals surface area (Å²) in [5, 5.41) is 0. The molecule has 0 radical (unpaired) electrons. The zero-order valence-corrected chi connectivity index (χ0v) is 38.9. The van der Waals surface area contributed by atoms with Crippen LogP contribution in [0.15, 0.2) is 85.1 Å². The third-order valence-corrected chi connectivity index (χ3v) is 10.3. The van der Waals surface area contributed by atoms with Crippen molar-refractivity contribution in [1.29, 1.82) is 0 Å². The van der Waals surface area contributed by atoms with Crippen molar-refractivity contribution >= 4 is 17.9 Å². The van der Waals surface area contributed by atoms with E-state index in [-0.39, 0.29) is 31.1 Å². The van der Waals surface area contributed by atoms with Crippen LogP contribution in [-0.2, 0) is 28.6 Å².